The van der Waals surface area contributed by atoms with Gasteiger partial charge < -0.3 is 10.0 Å². The quantitative estimate of drug-likeness (QED) is 0.899. The number of fused-ring (bicyclic) bond motifs is 1. The number of anilines is 2. The van der Waals surface area contributed by atoms with Gasteiger partial charge in [0.05, 0.1) is 6.10 Å². The van der Waals surface area contributed by atoms with E-state index in [1.165, 1.54) is 12.1 Å². The Morgan fingerprint density at radius 1 is 1.37 bits per heavy atom. The minimum Gasteiger partial charge on any atom is -0.389 e. The predicted octanol–water partition coefficient (Wildman–Crippen LogP) is 2.97. The number of nitrogens with zero attached hydrogens (tertiary/aromatic N) is 2. The van der Waals surface area contributed by atoms with Crippen molar-refractivity contribution in [2.24, 2.45) is 0 Å². The number of hydrogen-bond acceptors (Lipinski definition) is 3. The first kappa shape index (κ1) is 12.1. The summed E-state index contributed by atoms with van der Waals surface area (Å²) in [5.74, 6) is 0.460. The summed E-state index contributed by atoms with van der Waals surface area (Å²) in [4.78, 5) is 6.33. The molecule has 0 saturated carbocycles. The second-order valence-electron chi connectivity index (χ2n) is 4.77. The highest BCUT2D eigenvalue weighted by Gasteiger charge is 2.24. The Morgan fingerprint density at radius 2 is 2.21 bits per heavy atom. The summed E-state index contributed by atoms with van der Waals surface area (Å²) in [5, 5.41) is 9.83. The van der Waals surface area contributed by atoms with Crippen molar-refractivity contribution >= 4 is 11.5 Å². The molecule has 0 radical (unpaired) electrons. The Balaban J connectivity index is 2.09. The molecule has 0 saturated heterocycles. The van der Waals surface area contributed by atoms with Crippen molar-refractivity contribution in [3.63, 3.8) is 0 Å². The van der Waals surface area contributed by atoms with E-state index >= 15 is 0 Å². The SMILES string of the molecule is C[C@H](O)c1cccnc1N1CCc2ccc(F)cc21. The zero-order valence-electron chi connectivity index (χ0n) is 10.7. The molecule has 2 aromatic rings. The Labute approximate surface area is 111 Å². The maximum absolute atomic E-state index is 13.4. The monoisotopic (exact) mass is 258 g/mol. The van der Waals surface area contributed by atoms with Gasteiger partial charge in [-0.1, -0.05) is 12.1 Å². The summed E-state index contributed by atoms with van der Waals surface area (Å²) in [6.07, 6.45) is 1.96. The van der Waals surface area contributed by atoms with Gasteiger partial charge in [0.2, 0.25) is 0 Å². The first-order valence-electron chi connectivity index (χ1n) is 6.36. The van der Waals surface area contributed by atoms with E-state index in [1.807, 2.05) is 17.0 Å². The minimum absolute atomic E-state index is 0.250. The molecule has 1 atom stereocenters. The van der Waals surface area contributed by atoms with Crippen LogP contribution in [0.25, 0.3) is 0 Å². The van der Waals surface area contributed by atoms with Crippen LogP contribution >= 0.6 is 0 Å². The Kier molecular flexibility index (Phi) is 2.95. The van der Waals surface area contributed by atoms with Crippen LogP contribution < -0.4 is 4.90 Å². The number of aromatic nitrogens is 1. The summed E-state index contributed by atoms with van der Waals surface area (Å²) < 4.78 is 13.4. The largest absolute Gasteiger partial charge is 0.389 e. The third kappa shape index (κ3) is 2.08. The molecule has 1 aliphatic rings. The lowest BCUT2D eigenvalue weighted by molar-refractivity contribution is 0.199. The average Bonchev–Trinajstić information content (AvgIpc) is 2.81. The van der Waals surface area contributed by atoms with Crippen molar-refractivity contribution in [2.45, 2.75) is 19.4 Å². The molecular weight excluding hydrogens is 243 g/mol. The van der Waals surface area contributed by atoms with Crippen LogP contribution in [0.2, 0.25) is 0 Å². The number of aliphatic hydroxyl groups is 1. The number of rotatable bonds is 2. The van der Waals surface area contributed by atoms with Crippen LogP contribution in [0.5, 0.6) is 0 Å². The first-order valence-corrected chi connectivity index (χ1v) is 6.36. The topological polar surface area (TPSA) is 36.4 Å². The van der Waals surface area contributed by atoms with E-state index in [4.69, 9.17) is 0 Å². The molecule has 0 amide bonds. The fraction of sp³-hybridized carbons (Fsp3) is 0.267. The number of halogens is 1. The molecule has 3 nitrogen and oxygen atoms in total. The molecule has 1 N–H and O–H groups in total. The molecule has 98 valence electrons. The summed E-state index contributed by atoms with van der Waals surface area (Å²) in [6, 6.07) is 8.48. The highest BCUT2D eigenvalue weighted by Crippen LogP contribution is 2.36. The van der Waals surface area contributed by atoms with Gasteiger partial charge in [-0.05, 0) is 37.1 Å². The smallest absolute Gasteiger partial charge is 0.138 e. The second kappa shape index (κ2) is 4.63. The minimum atomic E-state index is -0.596. The molecule has 4 heteroatoms. The number of pyridine rings is 1. The van der Waals surface area contributed by atoms with Gasteiger partial charge in [0.25, 0.3) is 0 Å². The van der Waals surface area contributed by atoms with Crippen molar-refractivity contribution in [3.8, 4) is 0 Å². The van der Waals surface area contributed by atoms with Gasteiger partial charge in [0.1, 0.15) is 11.6 Å². The molecule has 1 aromatic heterocycles. The maximum Gasteiger partial charge on any atom is 0.138 e. The number of hydrogen-bond donors (Lipinski definition) is 1. The van der Waals surface area contributed by atoms with Crippen LogP contribution in [0, 0.1) is 5.82 Å². The van der Waals surface area contributed by atoms with Crippen molar-refractivity contribution < 1.29 is 9.50 Å². The van der Waals surface area contributed by atoms with Crippen LogP contribution in [0.4, 0.5) is 15.9 Å². The predicted molar refractivity (Wildman–Crippen MR) is 72.0 cm³/mol. The summed E-state index contributed by atoms with van der Waals surface area (Å²) in [5.41, 5.74) is 2.73. The van der Waals surface area contributed by atoms with Crippen LogP contribution in [0.15, 0.2) is 36.5 Å². The van der Waals surface area contributed by atoms with Gasteiger partial charge in [-0.3, -0.25) is 0 Å². The van der Waals surface area contributed by atoms with Gasteiger partial charge in [0, 0.05) is 24.0 Å². The first-order chi connectivity index (χ1) is 9.16. The highest BCUT2D eigenvalue weighted by molar-refractivity contribution is 5.69. The standard InChI is InChI=1S/C15H15FN2O/c1-10(19)13-3-2-7-17-15(13)18-8-6-11-4-5-12(16)9-14(11)18/h2-5,7,9-10,19H,6,8H2,1H3/t10-/m0/s1. The summed E-state index contributed by atoms with van der Waals surface area (Å²) in [6.45, 7) is 2.47. The van der Waals surface area contributed by atoms with E-state index in [0.29, 0.717) is 5.82 Å². The molecule has 0 bridgehead atoms. The normalized spacial score (nSPS) is 15.4. The van der Waals surface area contributed by atoms with Gasteiger partial charge >= 0.3 is 0 Å². The molecule has 2 heterocycles. The van der Waals surface area contributed by atoms with E-state index in [2.05, 4.69) is 4.98 Å². The lowest BCUT2D eigenvalue weighted by Crippen LogP contribution is -2.17. The van der Waals surface area contributed by atoms with Crippen molar-refractivity contribution in [1.29, 1.82) is 0 Å². The Bertz CT molecular complexity index is 613. The zero-order chi connectivity index (χ0) is 13.4. The van der Waals surface area contributed by atoms with Crippen LogP contribution in [0.1, 0.15) is 24.2 Å². The van der Waals surface area contributed by atoms with Crippen LogP contribution in [-0.2, 0) is 6.42 Å². The molecule has 0 fully saturated rings. The van der Waals surface area contributed by atoms with Crippen LogP contribution in [0.3, 0.4) is 0 Å². The maximum atomic E-state index is 13.4. The molecule has 0 aliphatic carbocycles. The third-order valence-electron chi connectivity index (χ3n) is 3.47. The van der Waals surface area contributed by atoms with E-state index in [-0.39, 0.29) is 5.82 Å². The van der Waals surface area contributed by atoms with E-state index < -0.39 is 6.10 Å². The summed E-state index contributed by atoms with van der Waals surface area (Å²) in [7, 11) is 0. The van der Waals surface area contributed by atoms with Gasteiger partial charge in [-0.25, -0.2) is 9.37 Å². The van der Waals surface area contributed by atoms with E-state index in [1.54, 1.807) is 19.2 Å². The van der Waals surface area contributed by atoms with E-state index in [0.717, 1.165) is 29.8 Å². The summed E-state index contributed by atoms with van der Waals surface area (Å²) >= 11 is 0. The second-order valence-corrected chi connectivity index (χ2v) is 4.77. The average molecular weight is 258 g/mol. The number of aliphatic hydroxyl groups excluding tert-OH is 1. The van der Waals surface area contributed by atoms with Gasteiger partial charge in [0.15, 0.2) is 0 Å². The Morgan fingerprint density at radius 3 is 3.00 bits per heavy atom. The molecule has 0 spiro atoms. The zero-order valence-corrected chi connectivity index (χ0v) is 10.7. The Hall–Kier alpha value is -1.94. The molecule has 3 rings (SSSR count). The number of benzene rings is 1. The molecule has 0 unspecified atom stereocenters. The third-order valence-corrected chi connectivity index (χ3v) is 3.47. The van der Waals surface area contributed by atoms with E-state index in [9.17, 15) is 9.50 Å². The lowest BCUT2D eigenvalue weighted by atomic mass is 10.1. The fourth-order valence-corrected chi connectivity index (χ4v) is 2.53. The van der Waals surface area contributed by atoms with Crippen molar-refractivity contribution in [2.75, 3.05) is 11.4 Å². The van der Waals surface area contributed by atoms with Crippen molar-refractivity contribution in [3.05, 3.63) is 53.5 Å². The fourth-order valence-electron chi connectivity index (χ4n) is 2.53. The highest BCUT2D eigenvalue weighted by atomic mass is 19.1. The molecule has 1 aliphatic heterocycles. The van der Waals surface area contributed by atoms with Crippen LogP contribution in [-0.4, -0.2) is 16.6 Å². The molecule has 1 aromatic carbocycles. The van der Waals surface area contributed by atoms with Crippen molar-refractivity contribution in [1.82, 2.24) is 4.98 Å². The lowest BCUT2D eigenvalue weighted by Gasteiger charge is -2.22. The van der Waals surface area contributed by atoms with Gasteiger partial charge in [-0.2, -0.15) is 0 Å². The van der Waals surface area contributed by atoms with Gasteiger partial charge in [-0.15, -0.1) is 0 Å². The molecule has 19 heavy (non-hydrogen) atoms. The molecular formula is C15H15FN2O.